The minimum Gasteiger partial charge on any atom is -0.262 e. The van der Waals surface area contributed by atoms with Crippen LogP contribution >= 0.6 is 23.2 Å². The van der Waals surface area contributed by atoms with Crippen LogP contribution in [0.4, 0.5) is 10.1 Å². The first-order valence-corrected chi connectivity index (χ1v) is 9.85. The Bertz CT molecular complexity index is 1020. The number of hydrogen-bond acceptors (Lipinski definition) is 2. The molecular weight excluding hydrogens is 396 g/mol. The van der Waals surface area contributed by atoms with Gasteiger partial charge < -0.3 is 0 Å². The number of sulfonamides is 1. The van der Waals surface area contributed by atoms with Crippen molar-refractivity contribution in [3.05, 3.63) is 94.2 Å². The van der Waals surface area contributed by atoms with E-state index in [1.807, 2.05) is 0 Å². The van der Waals surface area contributed by atoms with E-state index in [-0.39, 0.29) is 16.5 Å². The quantitative estimate of drug-likeness (QED) is 0.555. The lowest BCUT2D eigenvalue weighted by atomic mass is 10.2. The Morgan fingerprint density at radius 1 is 0.808 bits per heavy atom. The van der Waals surface area contributed by atoms with E-state index in [0.29, 0.717) is 16.3 Å². The molecule has 0 aliphatic carbocycles. The van der Waals surface area contributed by atoms with Gasteiger partial charge in [0.1, 0.15) is 10.7 Å². The molecule has 7 heteroatoms. The fourth-order valence-electron chi connectivity index (χ4n) is 2.48. The molecule has 0 spiro atoms. The number of benzene rings is 3. The van der Waals surface area contributed by atoms with E-state index >= 15 is 0 Å². The van der Waals surface area contributed by atoms with Crippen LogP contribution in [0.2, 0.25) is 10.0 Å². The molecule has 0 heterocycles. The lowest BCUT2D eigenvalue weighted by Gasteiger charge is -2.25. The lowest BCUT2D eigenvalue weighted by Crippen LogP contribution is -2.31. The topological polar surface area (TPSA) is 37.4 Å². The Morgan fingerprint density at radius 2 is 1.38 bits per heavy atom. The molecule has 134 valence electrons. The summed E-state index contributed by atoms with van der Waals surface area (Å²) in [4.78, 5) is -0.0296. The summed E-state index contributed by atoms with van der Waals surface area (Å²) in [7, 11) is -3.99. The highest BCUT2D eigenvalue weighted by molar-refractivity contribution is 7.93. The second kappa shape index (κ2) is 7.66. The van der Waals surface area contributed by atoms with Gasteiger partial charge in [-0.05, 0) is 48.0 Å². The Balaban J connectivity index is 2.13. The first kappa shape index (κ1) is 18.7. The zero-order valence-electron chi connectivity index (χ0n) is 13.4. The maximum atomic E-state index is 13.3. The Kier molecular flexibility index (Phi) is 5.51. The summed E-state index contributed by atoms with van der Waals surface area (Å²) >= 11 is 12.3. The Morgan fingerprint density at radius 3 is 2.00 bits per heavy atom. The Labute approximate surface area is 161 Å². The summed E-state index contributed by atoms with van der Waals surface area (Å²) in [6.07, 6.45) is 0. The molecule has 0 radical (unpaired) electrons. The summed E-state index contributed by atoms with van der Waals surface area (Å²) in [6.45, 7) is -0.0150. The van der Waals surface area contributed by atoms with Crippen molar-refractivity contribution in [2.75, 3.05) is 4.31 Å². The third-order valence-electron chi connectivity index (χ3n) is 3.79. The van der Waals surface area contributed by atoms with Crippen LogP contribution in [0.1, 0.15) is 5.56 Å². The van der Waals surface area contributed by atoms with E-state index in [1.54, 1.807) is 36.4 Å². The summed E-state index contributed by atoms with van der Waals surface area (Å²) in [5.41, 5.74) is 0.931. The van der Waals surface area contributed by atoms with E-state index in [4.69, 9.17) is 23.2 Å². The predicted octanol–water partition coefficient (Wildman–Crippen LogP) is 5.53. The van der Waals surface area contributed by atoms with Gasteiger partial charge in [-0.1, -0.05) is 53.5 Å². The normalized spacial score (nSPS) is 11.3. The molecule has 0 N–H and O–H groups in total. The molecule has 3 nitrogen and oxygen atoms in total. The highest BCUT2D eigenvalue weighted by Crippen LogP contribution is 2.31. The molecule has 0 saturated heterocycles. The summed E-state index contributed by atoms with van der Waals surface area (Å²) in [5.74, 6) is -0.457. The van der Waals surface area contributed by atoms with E-state index in [0.717, 1.165) is 4.31 Å². The average Bonchev–Trinajstić information content (AvgIpc) is 2.62. The molecule has 0 saturated carbocycles. The molecule has 0 aromatic heterocycles. The maximum absolute atomic E-state index is 13.3. The van der Waals surface area contributed by atoms with Gasteiger partial charge in [-0.3, -0.25) is 4.31 Å². The van der Waals surface area contributed by atoms with Gasteiger partial charge in [0.15, 0.2) is 0 Å². The minimum atomic E-state index is -3.99. The zero-order chi connectivity index (χ0) is 18.7. The van der Waals surface area contributed by atoms with E-state index < -0.39 is 15.8 Å². The van der Waals surface area contributed by atoms with Crippen molar-refractivity contribution in [2.45, 2.75) is 11.4 Å². The summed E-state index contributed by atoms with van der Waals surface area (Å²) in [5, 5.41) is 0.549. The SMILES string of the molecule is O=S(=O)(c1ccccc1Cl)N(Cc1ccccc1Cl)c1ccc(F)cc1. The third-order valence-corrected chi connectivity index (χ3v) is 6.43. The fourth-order valence-corrected chi connectivity index (χ4v) is 4.61. The fraction of sp³-hybridized carbons (Fsp3) is 0.0526. The second-order valence-corrected chi connectivity index (χ2v) is 8.16. The van der Waals surface area contributed by atoms with Gasteiger partial charge in [0.25, 0.3) is 10.0 Å². The van der Waals surface area contributed by atoms with Gasteiger partial charge in [0, 0.05) is 5.02 Å². The van der Waals surface area contributed by atoms with Crippen LogP contribution in [0.25, 0.3) is 0 Å². The second-order valence-electron chi connectivity index (χ2n) is 5.51. The largest absolute Gasteiger partial charge is 0.266 e. The van der Waals surface area contributed by atoms with Crippen molar-refractivity contribution < 1.29 is 12.8 Å². The molecule has 0 aliphatic heterocycles. The van der Waals surface area contributed by atoms with Crippen LogP contribution in [-0.2, 0) is 16.6 Å². The number of hydrogen-bond donors (Lipinski definition) is 0. The average molecular weight is 410 g/mol. The molecule has 0 unspecified atom stereocenters. The predicted molar refractivity (Wildman–Crippen MR) is 103 cm³/mol. The highest BCUT2D eigenvalue weighted by Gasteiger charge is 2.27. The molecule has 0 atom stereocenters. The number of rotatable bonds is 5. The van der Waals surface area contributed by atoms with Crippen LogP contribution in [-0.4, -0.2) is 8.42 Å². The minimum absolute atomic E-state index is 0.0150. The van der Waals surface area contributed by atoms with Gasteiger partial charge in [0.05, 0.1) is 17.3 Å². The van der Waals surface area contributed by atoms with E-state index in [9.17, 15) is 12.8 Å². The molecule has 0 amide bonds. The molecule has 0 aliphatic rings. The lowest BCUT2D eigenvalue weighted by molar-refractivity contribution is 0.590. The van der Waals surface area contributed by atoms with Crippen molar-refractivity contribution in [2.24, 2.45) is 0 Å². The van der Waals surface area contributed by atoms with Crippen LogP contribution in [0, 0.1) is 5.82 Å². The van der Waals surface area contributed by atoms with Crippen molar-refractivity contribution in [1.29, 1.82) is 0 Å². The van der Waals surface area contributed by atoms with Crippen LogP contribution < -0.4 is 4.31 Å². The monoisotopic (exact) mass is 409 g/mol. The molecular formula is C19H14Cl2FNO2S. The van der Waals surface area contributed by atoms with Crippen LogP contribution in [0.5, 0.6) is 0 Å². The van der Waals surface area contributed by atoms with E-state index in [2.05, 4.69) is 0 Å². The molecule has 0 fully saturated rings. The van der Waals surface area contributed by atoms with E-state index in [1.165, 1.54) is 36.4 Å². The molecule has 3 aromatic carbocycles. The number of anilines is 1. The summed E-state index contributed by atoms with van der Waals surface area (Å²) < 4.78 is 41.0. The first-order chi connectivity index (χ1) is 12.4. The number of nitrogens with zero attached hydrogens (tertiary/aromatic N) is 1. The van der Waals surface area contributed by atoms with Crippen molar-refractivity contribution in [3.63, 3.8) is 0 Å². The Hall–Kier alpha value is -2.08. The smallest absolute Gasteiger partial charge is 0.262 e. The van der Waals surface area contributed by atoms with Crippen molar-refractivity contribution in [1.82, 2.24) is 0 Å². The third kappa shape index (κ3) is 3.85. The van der Waals surface area contributed by atoms with Gasteiger partial charge >= 0.3 is 0 Å². The standard InChI is InChI=1S/C19H14Cl2FNO2S/c20-17-6-2-1-5-14(17)13-23(16-11-9-15(22)10-12-16)26(24,25)19-8-4-3-7-18(19)21/h1-12H,13H2. The molecule has 3 aromatic rings. The van der Waals surface area contributed by atoms with Crippen LogP contribution in [0.15, 0.2) is 77.7 Å². The van der Waals surface area contributed by atoms with Gasteiger partial charge in [-0.2, -0.15) is 0 Å². The van der Waals surface area contributed by atoms with Crippen molar-refractivity contribution >= 4 is 38.9 Å². The van der Waals surface area contributed by atoms with Crippen LogP contribution in [0.3, 0.4) is 0 Å². The highest BCUT2D eigenvalue weighted by atomic mass is 35.5. The summed E-state index contributed by atoms with van der Waals surface area (Å²) in [6, 6.07) is 18.4. The van der Waals surface area contributed by atoms with Gasteiger partial charge in [-0.15, -0.1) is 0 Å². The van der Waals surface area contributed by atoms with Gasteiger partial charge in [-0.25, -0.2) is 12.8 Å². The maximum Gasteiger partial charge on any atom is 0.266 e. The zero-order valence-corrected chi connectivity index (χ0v) is 15.8. The molecule has 3 rings (SSSR count). The molecule has 26 heavy (non-hydrogen) atoms. The first-order valence-electron chi connectivity index (χ1n) is 7.66. The molecule has 0 bridgehead atoms. The number of halogens is 3. The van der Waals surface area contributed by atoms with Gasteiger partial charge in [0.2, 0.25) is 0 Å². The van der Waals surface area contributed by atoms with Crippen molar-refractivity contribution in [3.8, 4) is 0 Å².